The number of hydrogen-bond donors (Lipinski definition) is 1. The molecule has 0 spiro atoms. The van der Waals surface area contributed by atoms with E-state index in [-0.39, 0.29) is 0 Å². The Labute approximate surface area is 112 Å². The number of hydrogen-bond acceptors (Lipinski definition) is 4. The molecule has 0 fully saturated rings. The summed E-state index contributed by atoms with van der Waals surface area (Å²) < 4.78 is 2.88. The van der Waals surface area contributed by atoms with Gasteiger partial charge in [0.1, 0.15) is 0 Å². The minimum absolute atomic E-state index is 0.782. The average molecular weight is 284 g/mol. The maximum absolute atomic E-state index is 5.87. The topological polar surface area (TPSA) is 29.3 Å². The molecule has 3 aromatic rings. The van der Waals surface area contributed by atoms with Gasteiger partial charge in [-0.05, 0) is 12.1 Å². The number of nitrogens with one attached hydrogen (secondary N) is 1. The summed E-state index contributed by atoms with van der Waals surface area (Å²) >= 11 is 9.13. The minimum Gasteiger partial charge on any atom is -0.306 e. The van der Waals surface area contributed by atoms with Crippen molar-refractivity contribution < 1.29 is 0 Å². The van der Waals surface area contributed by atoms with E-state index in [1.54, 1.807) is 22.7 Å². The Balaban J connectivity index is 1.59. The number of fused-ring (bicyclic) bond motifs is 1. The molecule has 17 heavy (non-hydrogen) atoms. The number of aromatic nitrogens is 2. The van der Waals surface area contributed by atoms with E-state index in [0.29, 0.717) is 0 Å². The fraction of sp³-hybridized carbons (Fsp3) is 0.182. The van der Waals surface area contributed by atoms with E-state index in [9.17, 15) is 0 Å². The SMILES string of the molecule is Clc1ccc(CNCc2cn3ccsc3n2)s1. The summed E-state index contributed by atoms with van der Waals surface area (Å²) in [7, 11) is 0. The van der Waals surface area contributed by atoms with Gasteiger partial charge < -0.3 is 5.32 Å². The summed E-state index contributed by atoms with van der Waals surface area (Å²) in [5.74, 6) is 0. The summed E-state index contributed by atoms with van der Waals surface area (Å²) in [5.41, 5.74) is 1.07. The molecule has 0 aromatic carbocycles. The van der Waals surface area contributed by atoms with Gasteiger partial charge >= 0.3 is 0 Å². The van der Waals surface area contributed by atoms with Gasteiger partial charge in [-0.3, -0.25) is 4.40 Å². The lowest BCUT2D eigenvalue weighted by molar-refractivity contribution is 0.690. The molecule has 0 amide bonds. The molecule has 0 aliphatic carbocycles. The highest BCUT2D eigenvalue weighted by atomic mass is 35.5. The molecule has 0 saturated carbocycles. The van der Waals surface area contributed by atoms with Crippen LogP contribution in [0.1, 0.15) is 10.6 Å². The Morgan fingerprint density at radius 2 is 2.29 bits per heavy atom. The van der Waals surface area contributed by atoms with Crippen LogP contribution in [0.25, 0.3) is 4.96 Å². The maximum Gasteiger partial charge on any atom is 0.193 e. The molecular weight excluding hydrogens is 274 g/mol. The summed E-state index contributed by atoms with van der Waals surface area (Å²) in [6.07, 6.45) is 4.08. The quantitative estimate of drug-likeness (QED) is 0.795. The predicted molar refractivity (Wildman–Crippen MR) is 72.9 cm³/mol. The Morgan fingerprint density at radius 3 is 3.06 bits per heavy atom. The Kier molecular flexibility index (Phi) is 3.15. The number of nitrogens with zero attached hydrogens (tertiary/aromatic N) is 2. The van der Waals surface area contributed by atoms with Gasteiger partial charge in [-0.2, -0.15) is 0 Å². The van der Waals surface area contributed by atoms with Crippen molar-refractivity contribution in [2.24, 2.45) is 0 Å². The molecule has 0 unspecified atom stereocenters. The Hall–Kier alpha value is -0.880. The molecule has 0 bridgehead atoms. The number of halogens is 1. The van der Waals surface area contributed by atoms with Crippen LogP contribution in [0.3, 0.4) is 0 Å². The lowest BCUT2D eigenvalue weighted by Gasteiger charge is -1.99. The smallest absolute Gasteiger partial charge is 0.193 e. The fourth-order valence-corrected chi connectivity index (χ4v) is 3.40. The standard InChI is InChI=1S/C11H10ClN3S2/c12-10-2-1-9(17-10)6-13-5-8-7-15-3-4-16-11(15)14-8/h1-4,7,13H,5-6H2. The average Bonchev–Trinajstić information content (AvgIpc) is 2.94. The molecule has 0 radical (unpaired) electrons. The van der Waals surface area contributed by atoms with Crippen LogP contribution in [0.5, 0.6) is 0 Å². The van der Waals surface area contributed by atoms with Gasteiger partial charge in [0.05, 0.1) is 10.0 Å². The van der Waals surface area contributed by atoms with Crippen molar-refractivity contribution in [2.45, 2.75) is 13.1 Å². The van der Waals surface area contributed by atoms with Crippen LogP contribution in [0.2, 0.25) is 4.34 Å². The van der Waals surface area contributed by atoms with Crippen molar-refractivity contribution in [1.29, 1.82) is 0 Å². The van der Waals surface area contributed by atoms with Gasteiger partial charge in [0.25, 0.3) is 0 Å². The van der Waals surface area contributed by atoms with Crippen LogP contribution in [0, 0.1) is 0 Å². The van der Waals surface area contributed by atoms with Crippen molar-refractivity contribution >= 4 is 39.2 Å². The first-order chi connectivity index (χ1) is 8.31. The number of thiazole rings is 1. The Bertz CT molecular complexity index is 597. The van der Waals surface area contributed by atoms with Gasteiger partial charge in [-0.25, -0.2) is 4.98 Å². The van der Waals surface area contributed by atoms with Gasteiger partial charge in [0, 0.05) is 35.7 Å². The molecule has 3 rings (SSSR count). The lowest BCUT2D eigenvalue weighted by Crippen LogP contribution is -2.11. The van der Waals surface area contributed by atoms with E-state index in [4.69, 9.17) is 11.6 Å². The van der Waals surface area contributed by atoms with Crippen molar-refractivity contribution in [3.8, 4) is 0 Å². The van der Waals surface area contributed by atoms with E-state index >= 15 is 0 Å². The fourth-order valence-electron chi connectivity index (χ4n) is 1.62. The molecule has 1 N–H and O–H groups in total. The van der Waals surface area contributed by atoms with E-state index in [0.717, 1.165) is 28.1 Å². The first kappa shape index (κ1) is 11.2. The highest BCUT2D eigenvalue weighted by Gasteiger charge is 2.02. The zero-order valence-corrected chi connectivity index (χ0v) is 11.3. The van der Waals surface area contributed by atoms with Crippen molar-refractivity contribution in [2.75, 3.05) is 0 Å². The summed E-state index contributed by atoms with van der Waals surface area (Å²) in [4.78, 5) is 6.79. The number of thiophene rings is 1. The van der Waals surface area contributed by atoms with E-state index in [1.807, 2.05) is 28.1 Å². The van der Waals surface area contributed by atoms with E-state index in [2.05, 4.69) is 16.5 Å². The summed E-state index contributed by atoms with van der Waals surface area (Å²) in [6.45, 7) is 1.62. The van der Waals surface area contributed by atoms with Crippen LogP contribution in [0.4, 0.5) is 0 Å². The zero-order valence-electron chi connectivity index (χ0n) is 8.89. The van der Waals surface area contributed by atoms with Crippen molar-refractivity contribution in [1.82, 2.24) is 14.7 Å². The van der Waals surface area contributed by atoms with Crippen LogP contribution in [-0.4, -0.2) is 9.38 Å². The van der Waals surface area contributed by atoms with Crippen LogP contribution in [-0.2, 0) is 13.1 Å². The maximum atomic E-state index is 5.87. The molecule has 88 valence electrons. The van der Waals surface area contributed by atoms with E-state index < -0.39 is 0 Å². The summed E-state index contributed by atoms with van der Waals surface area (Å²) in [6, 6.07) is 3.97. The largest absolute Gasteiger partial charge is 0.306 e. The molecule has 6 heteroatoms. The third kappa shape index (κ3) is 2.52. The molecule has 3 aromatic heterocycles. The highest BCUT2D eigenvalue weighted by molar-refractivity contribution is 7.16. The van der Waals surface area contributed by atoms with Crippen LogP contribution >= 0.6 is 34.3 Å². The van der Waals surface area contributed by atoms with Gasteiger partial charge in [-0.15, -0.1) is 22.7 Å². The third-order valence-corrected chi connectivity index (χ3v) is 4.38. The van der Waals surface area contributed by atoms with Gasteiger partial charge in [-0.1, -0.05) is 11.6 Å². The second-order valence-electron chi connectivity index (χ2n) is 3.63. The molecule has 0 saturated heterocycles. The first-order valence-electron chi connectivity index (χ1n) is 5.17. The van der Waals surface area contributed by atoms with Crippen LogP contribution < -0.4 is 5.32 Å². The number of imidazole rings is 1. The first-order valence-corrected chi connectivity index (χ1v) is 7.25. The van der Waals surface area contributed by atoms with E-state index in [1.165, 1.54) is 4.88 Å². The molecular formula is C11H10ClN3S2. The minimum atomic E-state index is 0.782. The van der Waals surface area contributed by atoms with Gasteiger partial charge in [0.15, 0.2) is 4.96 Å². The van der Waals surface area contributed by atoms with Crippen molar-refractivity contribution in [3.05, 3.63) is 44.8 Å². The molecule has 0 aliphatic heterocycles. The second-order valence-corrected chi connectivity index (χ2v) is 6.31. The van der Waals surface area contributed by atoms with Crippen LogP contribution in [0.15, 0.2) is 29.9 Å². The summed E-state index contributed by atoms with van der Waals surface area (Å²) in [5, 5.41) is 5.40. The van der Waals surface area contributed by atoms with Gasteiger partial charge in [0.2, 0.25) is 0 Å². The molecule has 3 nitrogen and oxygen atoms in total. The third-order valence-electron chi connectivity index (χ3n) is 2.38. The second kappa shape index (κ2) is 4.78. The number of rotatable bonds is 4. The molecule has 0 aliphatic rings. The monoisotopic (exact) mass is 283 g/mol. The Morgan fingerprint density at radius 1 is 1.35 bits per heavy atom. The zero-order chi connectivity index (χ0) is 11.7. The normalized spacial score (nSPS) is 11.4. The van der Waals surface area contributed by atoms with Crippen molar-refractivity contribution in [3.63, 3.8) is 0 Å². The molecule has 3 heterocycles. The highest BCUT2D eigenvalue weighted by Crippen LogP contribution is 2.21. The molecule has 0 atom stereocenters. The lowest BCUT2D eigenvalue weighted by atomic mass is 10.4. The predicted octanol–water partition coefficient (Wildman–Crippen LogP) is 3.40.